The molecule has 0 N–H and O–H groups in total. The Kier molecular flexibility index (Phi) is 5.20. The molecule has 0 bridgehead atoms. The lowest BCUT2D eigenvalue weighted by Crippen LogP contribution is -2.03. The van der Waals surface area contributed by atoms with Gasteiger partial charge in [-0.05, 0) is 54.6 Å². The van der Waals surface area contributed by atoms with Crippen LogP contribution in [-0.4, -0.2) is 21.3 Å². The summed E-state index contributed by atoms with van der Waals surface area (Å²) in [6, 6.07) is 23.1. The van der Waals surface area contributed by atoms with Gasteiger partial charge in [0.2, 0.25) is 0 Å². The minimum atomic E-state index is 0.641. The zero-order valence-corrected chi connectivity index (χ0v) is 16.5. The van der Waals surface area contributed by atoms with E-state index in [2.05, 4.69) is 0 Å². The molecule has 5 nitrogen and oxygen atoms in total. The van der Waals surface area contributed by atoms with Gasteiger partial charge in [0.05, 0.1) is 32.4 Å². The molecule has 0 saturated heterocycles. The molecule has 4 aromatic rings. The zero-order valence-electron chi connectivity index (χ0n) is 16.5. The first-order valence-corrected chi connectivity index (χ1v) is 9.16. The fraction of sp³-hybridized carbons (Fsp3) is 0.125. The molecule has 0 atom stereocenters. The Balaban J connectivity index is 1.90. The fourth-order valence-corrected chi connectivity index (χ4v) is 3.14. The maximum absolute atomic E-state index is 6.16. The quantitative estimate of drug-likeness (QED) is 0.463. The highest BCUT2D eigenvalue weighted by Crippen LogP contribution is 2.32. The summed E-state index contributed by atoms with van der Waals surface area (Å²) in [6.07, 6.45) is 0. The third-order valence-corrected chi connectivity index (χ3v) is 4.64. The second kappa shape index (κ2) is 8.10. The van der Waals surface area contributed by atoms with E-state index < -0.39 is 0 Å². The van der Waals surface area contributed by atoms with E-state index in [-0.39, 0.29) is 0 Å². The molecular weight excluding hydrogens is 366 g/mol. The van der Waals surface area contributed by atoms with E-state index >= 15 is 0 Å². The fourth-order valence-electron chi connectivity index (χ4n) is 3.14. The van der Waals surface area contributed by atoms with E-state index in [1.165, 1.54) is 0 Å². The second-order valence-corrected chi connectivity index (χ2v) is 6.37. The second-order valence-electron chi connectivity index (χ2n) is 6.37. The molecule has 3 aromatic carbocycles. The van der Waals surface area contributed by atoms with Crippen LogP contribution in [0.1, 0.15) is 0 Å². The third kappa shape index (κ3) is 3.80. The molecule has 0 aliphatic heterocycles. The van der Waals surface area contributed by atoms with Gasteiger partial charge in [-0.2, -0.15) is 0 Å². The predicted molar refractivity (Wildman–Crippen MR) is 113 cm³/mol. The lowest BCUT2D eigenvalue weighted by Gasteiger charge is -2.10. The molecule has 1 heterocycles. The average molecular weight is 387 g/mol. The van der Waals surface area contributed by atoms with Crippen LogP contribution in [0.4, 0.5) is 5.69 Å². The lowest BCUT2D eigenvalue weighted by atomic mass is 10.1. The molecule has 0 spiro atoms. The minimum Gasteiger partial charge on any atom is -0.497 e. The van der Waals surface area contributed by atoms with Crippen molar-refractivity contribution in [1.82, 2.24) is 0 Å². The molecule has 0 unspecified atom stereocenters. The Bertz CT molecular complexity index is 1210. The van der Waals surface area contributed by atoms with Crippen molar-refractivity contribution < 1.29 is 18.6 Å². The van der Waals surface area contributed by atoms with Crippen LogP contribution in [0.2, 0.25) is 0 Å². The van der Waals surface area contributed by atoms with Gasteiger partial charge in [-0.1, -0.05) is 12.1 Å². The van der Waals surface area contributed by atoms with Crippen molar-refractivity contribution in [3.8, 4) is 28.6 Å². The van der Waals surface area contributed by atoms with Crippen LogP contribution in [0.3, 0.4) is 0 Å². The summed E-state index contributed by atoms with van der Waals surface area (Å²) >= 11 is 0. The summed E-state index contributed by atoms with van der Waals surface area (Å²) < 4.78 is 22.2. The standard InChI is InChI=1S/C24H21NO4/c1-26-18-11-9-17(10-12-18)25-20-15-23(29-21-7-5-4-6-19(20)21)16-8-13-22(27-2)24(14-16)28-3/h4-15H,1-3H3. The first-order valence-electron chi connectivity index (χ1n) is 9.16. The van der Waals surface area contributed by atoms with Crippen molar-refractivity contribution >= 4 is 16.7 Å². The first kappa shape index (κ1) is 18.6. The van der Waals surface area contributed by atoms with Crippen molar-refractivity contribution in [2.75, 3.05) is 21.3 Å². The van der Waals surface area contributed by atoms with Crippen LogP contribution in [0.15, 0.2) is 82.2 Å². The number of nitrogens with zero attached hydrogens (tertiary/aromatic N) is 1. The smallest absolute Gasteiger partial charge is 0.161 e. The Labute approximate surface area is 168 Å². The van der Waals surface area contributed by atoms with E-state index in [4.69, 9.17) is 23.6 Å². The molecule has 146 valence electrons. The molecule has 0 amide bonds. The van der Waals surface area contributed by atoms with Gasteiger partial charge < -0.3 is 18.6 Å². The molecule has 4 rings (SSSR count). The number of methoxy groups -OCH3 is 3. The van der Waals surface area contributed by atoms with Crippen molar-refractivity contribution in [2.45, 2.75) is 0 Å². The average Bonchev–Trinajstić information content (AvgIpc) is 2.79. The molecule has 0 radical (unpaired) electrons. The number of fused-ring (bicyclic) bond motifs is 1. The molecule has 0 aliphatic carbocycles. The number of hydrogen-bond acceptors (Lipinski definition) is 5. The molecule has 0 fully saturated rings. The van der Waals surface area contributed by atoms with Crippen molar-refractivity contribution in [3.05, 3.63) is 78.2 Å². The van der Waals surface area contributed by atoms with Crippen LogP contribution in [-0.2, 0) is 0 Å². The van der Waals surface area contributed by atoms with Gasteiger partial charge in [-0.3, -0.25) is 0 Å². The van der Waals surface area contributed by atoms with Crippen LogP contribution in [0, 0.1) is 0 Å². The Morgan fingerprint density at radius 1 is 0.724 bits per heavy atom. The Hall–Kier alpha value is -3.73. The molecule has 29 heavy (non-hydrogen) atoms. The summed E-state index contributed by atoms with van der Waals surface area (Å²) in [5.41, 5.74) is 2.46. The van der Waals surface area contributed by atoms with Gasteiger partial charge in [0.1, 0.15) is 17.1 Å². The Morgan fingerprint density at radius 3 is 2.21 bits per heavy atom. The monoisotopic (exact) mass is 387 g/mol. The zero-order chi connectivity index (χ0) is 20.2. The van der Waals surface area contributed by atoms with Gasteiger partial charge in [0.25, 0.3) is 0 Å². The van der Waals surface area contributed by atoms with Gasteiger partial charge in [0, 0.05) is 17.0 Å². The summed E-state index contributed by atoms with van der Waals surface area (Å²) in [7, 11) is 4.88. The molecule has 0 aliphatic rings. The van der Waals surface area contributed by atoms with E-state index in [0.717, 1.165) is 33.3 Å². The maximum atomic E-state index is 6.16. The summed E-state index contributed by atoms with van der Waals surface area (Å²) in [4.78, 5) is 4.84. The number of ether oxygens (including phenoxy) is 3. The highest BCUT2D eigenvalue weighted by molar-refractivity contribution is 5.79. The maximum Gasteiger partial charge on any atom is 0.161 e. The van der Waals surface area contributed by atoms with Crippen LogP contribution >= 0.6 is 0 Å². The van der Waals surface area contributed by atoms with Gasteiger partial charge in [0.15, 0.2) is 11.5 Å². The lowest BCUT2D eigenvalue weighted by molar-refractivity contribution is 0.355. The van der Waals surface area contributed by atoms with Crippen LogP contribution < -0.4 is 19.6 Å². The van der Waals surface area contributed by atoms with Gasteiger partial charge in [-0.15, -0.1) is 0 Å². The van der Waals surface area contributed by atoms with Gasteiger partial charge in [-0.25, -0.2) is 4.99 Å². The largest absolute Gasteiger partial charge is 0.497 e. The first-order chi connectivity index (χ1) is 14.2. The number of hydrogen-bond donors (Lipinski definition) is 0. The summed E-state index contributed by atoms with van der Waals surface area (Å²) in [5, 5.41) is 1.76. The van der Waals surface area contributed by atoms with E-state index in [0.29, 0.717) is 17.3 Å². The molecule has 1 aromatic heterocycles. The normalized spacial score (nSPS) is 11.5. The number of benzene rings is 3. The van der Waals surface area contributed by atoms with E-state index in [9.17, 15) is 0 Å². The molecule has 0 saturated carbocycles. The van der Waals surface area contributed by atoms with E-state index in [1.54, 1.807) is 21.3 Å². The SMILES string of the molecule is COc1ccc(N=c2cc(-c3ccc(OC)c(OC)c3)oc3ccccc23)cc1. The minimum absolute atomic E-state index is 0.641. The van der Waals surface area contributed by atoms with Crippen molar-refractivity contribution in [1.29, 1.82) is 0 Å². The predicted octanol–water partition coefficient (Wildman–Crippen LogP) is 5.36. The summed E-state index contributed by atoms with van der Waals surface area (Å²) in [6.45, 7) is 0. The number of para-hydroxylation sites is 1. The third-order valence-electron chi connectivity index (χ3n) is 4.64. The van der Waals surface area contributed by atoms with E-state index in [1.807, 2.05) is 72.8 Å². The highest BCUT2D eigenvalue weighted by Gasteiger charge is 2.10. The molecular formula is C24H21NO4. The van der Waals surface area contributed by atoms with Gasteiger partial charge >= 0.3 is 0 Å². The molecule has 5 heteroatoms. The number of rotatable bonds is 5. The summed E-state index contributed by atoms with van der Waals surface area (Å²) in [5.74, 6) is 2.79. The highest BCUT2D eigenvalue weighted by atomic mass is 16.5. The van der Waals surface area contributed by atoms with Crippen molar-refractivity contribution in [2.24, 2.45) is 4.99 Å². The van der Waals surface area contributed by atoms with Crippen molar-refractivity contribution in [3.63, 3.8) is 0 Å². The topological polar surface area (TPSA) is 53.2 Å². The Morgan fingerprint density at radius 2 is 1.48 bits per heavy atom. The van der Waals surface area contributed by atoms with Crippen LogP contribution in [0.5, 0.6) is 17.2 Å². The van der Waals surface area contributed by atoms with Crippen LogP contribution in [0.25, 0.3) is 22.3 Å².